The first kappa shape index (κ1) is 19.5. The summed E-state index contributed by atoms with van der Waals surface area (Å²) in [5, 5.41) is 7.43. The number of allylic oxidation sites excluding steroid dienone is 1. The van der Waals surface area contributed by atoms with Gasteiger partial charge >= 0.3 is 0 Å². The van der Waals surface area contributed by atoms with Gasteiger partial charge in [-0.25, -0.2) is 0 Å². The largest absolute Gasteiger partial charge is 0.454 e. The van der Waals surface area contributed by atoms with Crippen molar-refractivity contribution in [2.75, 3.05) is 18.6 Å². The summed E-state index contributed by atoms with van der Waals surface area (Å²) in [6, 6.07) is 23.0. The van der Waals surface area contributed by atoms with Gasteiger partial charge in [0.15, 0.2) is 23.0 Å². The summed E-state index contributed by atoms with van der Waals surface area (Å²) in [7, 11) is 0. The molecule has 34 heavy (non-hydrogen) atoms. The quantitative estimate of drug-likeness (QED) is 0.492. The second-order valence-corrected chi connectivity index (χ2v) is 9.00. The maximum absolute atomic E-state index is 5.70. The maximum Gasteiger partial charge on any atom is 0.231 e. The highest BCUT2D eigenvalue weighted by Gasteiger charge is 2.42. The minimum atomic E-state index is 0.104. The summed E-state index contributed by atoms with van der Waals surface area (Å²) in [6.45, 7) is 0.562. The van der Waals surface area contributed by atoms with Gasteiger partial charge in [-0.2, -0.15) is 5.10 Å². The lowest BCUT2D eigenvalue weighted by atomic mass is 9.77. The molecule has 7 rings (SSSR count). The number of hydrogen-bond donors (Lipinski definition) is 0. The van der Waals surface area contributed by atoms with Crippen molar-refractivity contribution >= 4 is 17.5 Å². The molecule has 3 heterocycles. The Morgan fingerprint density at radius 1 is 0.794 bits per heavy atom. The summed E-state index contributed by atoms with van der Waals surface area (Å²) in [5.41, 5.74) is 5.87. The van der Waals surface area contributed by atoms with Crippen molar-refractivity contribution in [2.45, 2.75) is 25.3 Å². The molecule has 1 fully saturated rings. The first-order chi connectivity index (χ1) is 16.8. The molecule has 0 amide bonds. The summed E-state index contributed by atoms with van der Waals surface area (Å²) >= 11 is 0. The molecule has 6 heteroatoms. The highest BCUT2D eigenvalue weighted by Crippen LogP contribution is 2.48. The Bertz CT molecular complexity index is 1320. The molecule has 3 aliphatic heterocycles. The smallest absolute Gasteiger partial charge is 0.231 e. The molecule has 1 saturated carbocycles. The summed E-state index contributed by atoms with van der Waals surface area (Å²) in [5.74, 6) is 3.53. The lowest BCUT2D eigenvalue weighted by Crippen LogP contribution is -2.28. The maximum atomic E-state index is 5.70. The zero-order chi connectivity index (χ0) is 22.5. The van der Waals surface area contributed by atoms with Gasteiger partial charge in [-0.3, -0.25) is 5.01 Å². The second kappa shape index (κ2) is 7.83. The van der Waals surface area contributed by atoms with Crippen LogP contribution in [0, 0.1) is 5.92 Å². The average molecular weight is 453 g/mol. The molecule has 3 aromatic carbocycles. The second-order valence-electron chi connectivity index (χ2n) is 9.00. The van der Waals surface area contributed by atoms with Crippen molar-refractivity contribution in [3.8, 4) is 23.0 Å². The van der Waals surface area contributed by atoms with Gasteiger partial charge in [0, 0.05) is 5.92 Å². The summed E-state index contributed by atoms with van der Waals surface area (Å²) in [4.78, 5) is 0. The monoisotopic (exact) mass is 452 g/mol. The predicted octanol–water partition coefficient (Wildman–Crippen LogP) is 5.95. The van der Waals surface area contributed by atoms with Gasteiger partial charge in [-0.1, -0.05) is 30.3 Å². The molecular weight excluding hydrogens is 428 g/mol. The van der Waals surface area contributed by atoms with Gasteiger partial charge in [0.25, 0.3) is 0 Å². The molecule has 0 spiro atoms. The molecule has 0 N–H and O–H groups in total. The Kier molecular flexibility index (Phi) is 4.50. The van der Waals surface area contributed by atoms with Crippen molar-refractivity contribution in [2.24, 2.45) is 11.0 Å². The van der Waals surface area contributed by atoms with Gasteiger partial charge in [0.2, 0.25) is 13.6 Å². The van der Waals surface area contributed by atoms with Crippen molar-refractivity contribution < 1.29 is 18.9 Å². The van der Waals surface area contributed by atoms with Crippen molar-refractivity contribution in [1.29, 1.82) is 0 Å². The Balaban J connectivity index is 1.30. The van der Waals surface area contributed by atoms with E-state index in [2.05, 4.69) is 59.6 Å². The Morgan fingerprint density at radius 3 is 2.35 bits per heavy atom. The van der Waals surface area contributed by atoms with E-state index in [-0.39, 0.29) is 19.6 Å². The van der Waals surface area contributed by atoms with Crippen LogP contribution in [0.3, 0.4) is 0 Å². The lowest BCUT2D eigenvalue weighted by Gasteiger charge is -2.30. The minimum Gasteiger partial charge on any atom is -0.454 e. The standard InChI is InChI=1S/C28H24N2O4/c1-2-6-21(7-3-1)30-28(20-10-12-24-26(15-20)34-17-32-24)22-8-4-5-19(27(22)29-30)13-18-9-11-23-25(14-18)33-16-31-23/h1-3,6-7,9-15,22,28H,4-5,8,16-17H2/b19-13-/t22-,28-/m0/s1. The molecule has 0 saturated heterocycles. The Hall–Kier alpha value is -3.93. The Labute approximate surface area is 198 Å². The third-order valence-corrected chi connectivity index (χ3v) is 7.00. The molecule has 0 bridgehead atoms. The molecule has 0 unspecified atom stereocenters. The van der Waals surface area contributed by atoms with Crippen molar-refractivity contribution in [1.82, 2.24) is 0 Å². The number of fused-ring (bicyclic) bond motifs is 3. The molecule has 1 aliphatic carbocycles. The van der Waals surface area contributed by atoms with Crippen LogP contribution in [0.15, 0.2) is 77.4 Å². The van der Waals surface area contributed by atoms with Crippen LogP contribution in [0.25, 0.3) is 6.08 Å². The zero-order valence-electron chi connectivity index (χ0n) is 18.6. The molecule has 3 aromatic rings. The van der Waals surface area contributed by atoms with E-state index in [1.54, 1.807) is 0 Å². The summed E-state index contributed by atoms with van der Waals surface area (Å²) in [6.07, 6.45) is 5.50. The van der Waals surface area contributed by atoms with Gasteiger partial charge in [-0.05, 0) is 78.4 Å². The third kappa shape index (κ3) is 3.21. The van der Waals surface area contributed by atoms with E-state index >= 15 is 0 Å². The fraction of sp³-hybridized carbons (Fsp3) is 0.250. The van der Waals surface area contributed by atoms with Crippen LogP contribution in [0.4, 0.5) is 5.69 Å². The zero-order valence-corrected chi connectivity index (χ0v) is 18.6. The van der Waals surface area contributed by atoms with Crippen LogP contribution in [-0.4, -0.2) is 19.3 Å². The first-order valence-corrected chi connectivity index (χ1v) is 11.8. The highest BCUT2D eigenvalue weighted by molar-refractivity contribution is 6.08. The number of para-hydroxylation sites is 1. The van der Waals surface area contributed by atoms with Crippen molar-refractivity contribution in [3.63, 3.8) is 0 Å². The number of hydrogen-bond acceptors (Lipinski definition) is 6. The third-order valence-electron chi connectivity index (χ3n) is 7.00. The van der Waals surface area contributed by atoms with E-state index in [1.165, 1.54) is 16.8 Å². The average Bonchev–Trinajstić information content (AvgIpc) is 3.62. The molecular formula is C28H24N2O4. The Morgan fingerprint density at radius 2 is 1.53 bits per heavy atom. The molecule has 6 nitrogen and oxygen atoms in total. The molecule has 2 atom stereocenters. The number of ether oxygens (including phenoxy) is 4. The summed E-state index contributed by atoms with van der Waals surface area (Å²) < 4.78 is 22.3. The van der Waals surface area contributed by atoms with E-state index in [0.717, 1.165) is 53.5 Å². The van der Waals surface area contributed by atoms with E-state index in [0.29, 0.717) is 5.92 Å². The predicted molar refractivity (Wildman–Crippen MR) is 130 cm³/mol. The van der Waals surface area contributed by atoms with Crippen LogP contribution in [0.2, 0.25) is 0 Å². The van der Waals surface area contributed by atoms with Crippen molar-refractivity contribution in [3.05, 3.63) is 83.4 Å². The number of rotatable bonds is 3. The minimum absolute atomic E-state index is 0.104. The molecule has 0 aromatic heterocycles. The van der Waals surface area contributed by atoms with Gasteiger partial charge < -0.3 is 18.9 Å². The lowest BCUT2D eigenvalue weighted by molar-refractivity contribution is 0.173. The van der Waals surface area contributed by atoms with E-state index < -0.39 is 0 Å². The fourth-order valence-electron chi connectivity index (χ4n) is 5.43. The van der Waals surface area contributed by atoms with Crippen LogP contribution >= 0.6 is 0 Å². The first-order valence-electron chi connectivity index (χ1n) is 11.8. The number of anilines is 1. The van der Waals surface area contributed by atoms with E-state index in [4.69, 9.17) is 24.0 Å². The molecule has 4 aliphatic rings. The van der Waals surface area contributed by atoms with Crippen LogP contribution in [0.5, 0.6) is 23.0 Å². The van der Waals surface area contributed by atoms with E-state index in [9.17, 15) is 0 Å². The van der Waals surface area contributed by atoms with Crippen LogP contribution in [-0.2, 0) is 0 Å². The number of benzene rings is 3. The SMILES string of the molecule is C(=C1\CCC[C@H]2C1=NN(c1ccccc1)[C@H]2c1ccc2c(c1)OCO2)/c1ccc2c(c1)OCO2. The van der Waals surface area contributed by atoms with Gasteiger partial charge in [0.1, 0.15) is 0 Å². The van der Waals surface area contributed by atoms with Gasteiger partial charge in [-0.15, -0.1) is 0 Å². The van der Waals surface area contributed by atoms with Crippen LogP contribution < -0.4 is 24.0 Å². The normalized spacial score (nSPS) is 23.2. The molecule has 0 radical (unpaired) electrons. The van der Waals surface area contributed by atoms with Gasteiger partial charge in [0.05, 0.1) is 17.4 Å². The van der Waals surface area contributed by atoms with Crippen LogP contribution in [0.1, 0.15) is 36.4 Å². The topological polar surface area (TPSA) is 52.5 Å². The van der Waals surface area contributed by atoms with E-state index in [1.807, 2.05) is 18.2 Å². The fourth-order valence-corrected chi connectivity index (χ4v) is 5.43. The number of nitrogens with zero attached hydrogens (tertiary/aromatic N) is 2. The number of hydrazone groups is 1. The molecule has 170 valence electrons. The highest BCUT2D eigenvalue weighted by atomic mass is 16.7.